The van der Waals surface area contributed by atoms with Gasteiger partial charge in [-0.2, -0.15) is 4.79 Å². The van der Waals surface area contributed by atoms with Crippen LogP contribution in [0.5, 0.6) is 0 Å². The summed E-state index contributed by atoms with van der Waals surface area (Å²) >= 11 is 0. The van der Waals surface area contributed by atoms with Gasteiger partial charge < -0.3 is 10.5 Å². The van der Waals surface area contributed by atoms with Gasteiger partial charge in [-0.1, -0.05) is 26.8 Å². The van der Waals surface area contributed by atoms with Crippen LogP contribution in [0, 0.1) is 18.8 Å². The fourth-order valence-corrected chi connectivity index (χ4v) is 3.44. The van der Waals surface area contributed by atoms with E-state index in [4.69, 9.17) is 5.53 Å². The Labute approximate surface area is 149 Å². The summed E-state index contributed by atoms with van der Waals surface area (Å²) in [7, 11) is 0. The van der Waals surface area contributed by atoms with Crippen molar-refractivity contribution >= 4 is 16.5 Å². The third-order valence-electron chi connectivity index (χ3n) is 4.42. The maximum absolute atomic E-state index is 12.6. The van der Waals surface area contributed by atoms with E-state index in [1.165, 1.54) is 0 Å². The van der Waals surface area contributed by atoms with Crippen LogP contribution in [0.4, 0.5) is 0 Å². The first-order valence-electron chi connectivity index (χ1n) is 8.41. The molecule has 136 valence electrons. The average Bonchev–Trinajstić information content (AvgIpc) is 2.54. The van der Waals surface area contributed by atoms with Crippen LogP contribution in [-0.2, 0) is 0 Å². The minimum Gasteiger partial charge on any atom is -0.360 e. The SMILES string of the molecule is C/C(=C\[C@H](C)CC(C)C)c1c(C)c(=O)[nH]c2c(=O)c(=O)c(=[N+]=[N-])c(=O)c12. The summed E-state index contributed by atoms with van der Waals surface area (Å²) < 4.78 is 0. The average molecular weight is 355 g/mol. The van der Waals surface area contributed by atoms with Gasteiger partial charge in [-0.25, -0.2) is 0 Å². The maximum atomic E-state index is 12.6. The second kappa shape index (κ2) is 7.14. The predicted molar refractivity (Wildman–Crippen MR) is 99.5 cm³/mol. The summed E-state index contributed by atoms with van der Waals surface area (Å²) in [6.07, 6.45) is 2.85. The van der Waals surface area contributed by atoms with Crippen LogP contribution in [0.25, 0.3) is 22.0 Å². The van der Waals surface area contributed by atoms with Crippen LogP contribution >= 0.6 is 0 Å². The topological polar surface area (TPSA) is 120 Å². The number of rotatable bonds is 4. The summed E-state index contributed by atoms with van der Waals surface area (Å²) in [4.78, 5) is 54.1. The number of hydrogen-bond acceptors (Lipinski definition) is 4. The lowest BCUT2D eigenvalue weighted by atomic mass is 9.92. The molecule has 1 N–H and O–H groups in total. The molecule has 0 radical (unpaired) electrons. The number of H-pyrrole nitrogens is 1. The van der Waals surface area contributed by atoms with Crippen LogP contribution in [0.15, 0.2) is 25.3 Å². The quantitative estimate of drug-likeness (QED) is 0.500. The number of aromatic nitrogens is 1. The lowest BCUT2D eigenvalue weighted by Gasteiger charge is -2.13. The molecule has 1 atom stereocenters. The van der Waals surface area contributed by atoms with Crippen molar-refractivity contribution in [2.75, 3.05) is 0 Å². The maximum Gasteiger partial charge on any atom is 0.413 e. The van der Waals surface area contributed by atoms with Crippen molar-refractivity contribution in [3.05, 3.63) is 69.1 Å². The minimum atomic E-state index is -1.23. The fourth-order valence-electron chi connectivity index (χ4n) is 3.44. The summed E-state index contributed by atoms with van der Waals surface area (Å²) in [5.74, 6) is 0.656. The Morgan fingerprint density at radius 1 is 1.12 bits per heavy atom. The number of hydrogen-bond donors (Lipinski definition) is 1. The van der Waals surface area contributed by atoms with E-state index in [1.54, 1.807) is 13.8 Å². The molecule has 1 heterocycles. The summed E-state index contributed by atoms with van der Waals surface area (Å²) in [5, 5.41) is -0.928. The molecule has 0 aliphatic carbocycles. The normalized spacial score (nSPS) is 13.2. The molecular formula is C19H21N3O4. The largest absolute Gasteiger partial charge is 0.413 e. The first-order chi connectivity index (χ1) is 12.1. The zero-order valence-electron chi connectivity index (χ0n) is 15.5. The summed E-state index contributed by atoms with van der Waals surface area (Å²) in [6.45, 7) is 9.51. The van der Waals surface area contributed by atoms with Crippen molar-refractivity contribution in [3.8, 4) is 0 Å². The Hall–Kier alpha value is -2.92. The highest BCUT2D eigenvalue weighted by atomic mass is 16.2. The van der Waals surface area contributed by atoms with Crippen molar-refractivity contribution in [1.29, 1.82) is 0 Å². The second-order valence-corrected chi connectivity index (χ2v) is 7.10. The Balaban J connectivity index is 3.04. The number of nitrogens with zero attached hydrogens (tertiary/aromatic N) is 2. The van der Waals surface area contributed by atoms with Crippen molar-refractivity contribution in [2.45, 2.75) is 41.0 Å². The van der Waals surface area contributed by atoms with Gasteiger partial charge >= 0.3 is 10.8 Å². The number of nitrogens with one attached hydrogen (secondary N) is 1. The molecule has 1 aromatic heterocycles. The molecule has 0 saturated heterocycles. The summed E-state index contributed by atoms with van der Waals surface area (Å²) in [6, 6.07) is 0. The van der Waals surface area contributed by atoms with Gasteiger partial charge in [0.05, 0.1) is 5.39 Å². The minimum absolute atomic E-state index is 0.0926. The number of pyridine rings is 1. The zero-order chi connectivity index (χ0) is 19.8. The standard InChI is InChI=1S/C19H21N3O4/c1-8(2)6-9(3)7-10(4)12-11(5)19(26)21-14-13(12)16(23)15(22-20)18(25)17(14)24/h7-9H,6H2,1-5H3,(H,21,26)/b10-7+/t9-/m1/s1. The molecule has 0 fully saturated rings. The molecular weight excluding hydrogens is 334 g/mol. The fraction of sp³-hybridized carbons (Fsp3) is 0.421. The first kappa shape index (κ1) is 19.4. The molecule has 0 spiro atoms. The van der Waals surface area contributed by atoms with Gasteiger partial charge in [0, 0.05) is 5.56 Å². The van der Waals surface area contributed by atoms with E-state index in [0.717, 1.165) is 6.42 Å². The Kier molecular flexibility index (Phi) is 5.33. The Bertz CT molecular complexity index is 1210. The molecule has 0 aliphatic heterocycles. The van der Waals surface area contributed by atoms with Gasteiger partial charge in [-0.05, 0) is 43.2 Å². The van der Waals surface area contributed by atoms with Crippen molar-refractivity contribution < 1.29 is 4.79 Å². The highest BCUT2D eigenvalue weighted by Crippen LogP contribution is 2.24. The van der Waals surface area contributed by atoms with E-state index in [1.807, 2.05) is 13.0 Å². The molecule has 7 heteroatoms. The Morgan fingerprint density at radius 2 is 1.73 bits per heavy atom. The Morgan fingerprint density at radius 3 is 2.27 bits per heavy atom. The number of benzene rings is 1. The van der Waals surface area contributed by atoms with Crippen LogP contribution in [0.3, 0.4) is 0 Å². The molecule has 0 saturated carbocycles. The van der Waals surface area contributed by atoms with Gasteiger partial charge in [-0.3, -0.25) is 19.2 Å². The van der Waals surface area contributed by atoms with Crippen LogP contribution in [0.2, 0.25) is 0 Å². The molecule has 7 nitrogen and oxygen atoms in total. The lowest BCUT2D eigenvalue weighted by Crippen LogP contribution is -2.49. The van der Waals surface area contributed by atoms with E-state index in [2.05, 4.69) is 23.6 Å². The van der Waals surface area contributed by atoms with Crippen molar-refractivity contribution in [2.24, 2.45) is 11.8 Å². The monoisotopic (exact) mass is 355 g/mol. The molecule has 0 aliphatic rings. The van der Waals surface area contributed by atoms with Gasteiger partial charge in [0.1, 0.15) is 5.52 Å². The molecule has 2 aromatic rings. The van der Waals surface area contributed by atoms with Crippen LogP contribution in [-0.4, -0.2) is 9.77 Å². The van der Waals surface area contributed by atoms with E-state index in [9.17, 15) is 19.2 Å². The molecule has 26 heavy (non-hydrogen) atoms. The molecule has 0 unspecified atom stereocenters. The number of allylic oxidation sites excluding steroid dienone is 2. The highest BCUT2D eigenvalue weighted by Gasteiger charge is 2.22. The number of fused-ring (bicyclic) bond motifs is 1. The smallest absolute Gasteiger partial charge is 0.360 e. The summed E-state index contributed by atoms with van der Waals surface area (Å²) in [5.41, 5.74) is 6.17. The molecule has 1 aromatic carbocycles. The molecule has 0 amide bonds. The van der Waals surface area contributed by atoms with E-state index in [-0.39, 0.29) is 22.4 Å². The lowest BCUT2D eigenvalue weighted by molar-refractivity contribution is -0.0681. The van der Waals surface area contributed by atoms with E-state index < -0.39 is 27.2 Å². The second-order valence-electron chi connectivity index (χ2n) is 7.10. The predicted octanol–water partition coefficient (Wildman–Crippen LogP) is 1.01. The van der Waals surface area contributed by atoms with Crippen LogP contribution in [0.1, 0.15) is 45.2 Å². The zero-order valence-corrected chi connectivity index (χ0v) is 15.5. The van der Waals surface area contributed by atoms with Gasteiger partial charge in [0.2, 0.25) is 0 Å². The van der Waals surface area contributed by atoms with Crippen molar-refractivity contribution in [3.63, 3.8) is 0 Å². The van der Waals surface area contributed by atoms with Gasteiger partial charge in [-0.15, -0.1) is 0 Å². The van der Waals surface area contributed by atoms with Crippen molar-refractivity contribution in [1.82, 2.24) is 4.98 Å². The third-order valence-corrected chi connectivity index (χ3v) is 4.42. The van der Waals surface area contributed by atoms with Crippen LogP contribution < -0.4 is 27.2 Å². The van der Waals surface area contributed by atoms with Gasteiger partial charge in [0.15, 0.2) is 0 Å². The van der Waals surface area contributed by atoms with E-state index >= 15 is 0 Å². The third kappa shape index (κ3) is 3.26. The molecule has 0 bridgehead atoms. The number of aromatic amines is 1. The molecule has 2 rings (SSSR count). The first-order valence-corrected chi connectivity index (χ1v) is 8.41. The highest BCUT2D eigenvalue weighted by molar-refractivity contribution is 5.92. The van der Waals surface area contributed by atoms with E-state index in [0.29, 0.717) is 17.1 Å². The van der Waals surface area contributed by atoms with Gasteiger partial charge in [0.25, 0.3) is 16.4 Å².